The van der Waals surface area contributed by atoms with Gasteiger partial charge in [0.1, 0.15) is 18.0 Å². The first-order valence-electron chi connectivity index (χ1n) is 6.86. The molecule has 2 heterocycles. The Labute approximate surface area is 113 Å². The SMILES string of the molecule is CCNc1cc(N2CCC(OCCO)CC2)ncn1. The van der Waals surface area contributed by atoms with E-state index in [9.17, 15) is 0 Å². The van der Waals surface area contributed by atoms with Crippen LogP contribution in [0, 0.1) is 0 Å². The summed E-state index contributed by atoms with van der Waals surface area (Å²) >= 11 is 0. The van der Waals surface area contributed by atoms with Gasteiger partial charge in [-0.1, -0.05) is 0 Å². The van der Waals surface area contributed by atoms with Crippen LogP contribution in [0.25, 0.3) is 0 Å². The second-order valence-electron chi connectivity index (χ2n) is 4.57. The summed E-state index contributed by atoms with van der Waals surface area (Å²) in [5.74, 6) is 1.83. The summed E-state index contributed by atoms with van der Waals surface area (Å²) in [5.41, 5.74) is 0. The third-order valence-corrected chi connectivity index (χ3v) is 3.22. The fourth-order valence-electron chi connectivity index (χ4n) is 2.27. The van der Waals surface area contributed by atoms with Gasteiger partial charge in [0.2, 0.25) is 0 Å². The summed E-state index contributed by atoms with van der Waals surface area (Å²) < 4.78 is 5.56. The van der Waals surface area contributed by atoms with Crippen molar-refractivity contribution in [2.45, 2.75) is 25.9 Å². The van der Waals surface area contributed by atoms with E-state index in [0.29, 0.717) is 6.61 Å². The molecule has 106 valence electrons. The maximum Gasteiger partial charge on any atom is 0.134 e. The Morgan fingerprint density at radius 1 is 1.42 bits per heavy atom. The van der Waals surface area contributed by atoms with Gasteiger partial charge < -0.3 is 20.1 Å². The molecule has 0 atom stereocenters. The highest BCUT2D eigenvalue weighted by Crippen LogP contribution is 2.20. The second kappa shape index (κ2) is 7.25. The van der Waals surface area contributed by atoms with E-state index in [1.165, 1.54) is 0 Å². The van der Waals surface area contributed by atoms with Gasteiger partial charge in [0.15, 0.2) is 0 Å². The fourth-order valence-corrected chi connectivity index (χ4v) is 2.27. The molecule has 0 bridgehead atoms. The highest BCUT2D eigenvalue weighted by atomic mass is 16.5. The lowest BCUT2D eigenvalue weighted by atomic mass is 10.1. The lowest BCUT2D eigenvalue weighted by Gasteiger charge is -2.32. The number of aliphatic hydroxyl groups is 1. The molecule has 1 fully saturated rings. The van der Waals surface area contributed by atoms with Crippen LogP contribution in [0.1, 0.15) is 19.8 Å². The molecule has 0 unspecified atom stereocenters. The maximum absolute atomic E-state index is 8.75. The number of nitrogens with one attached hydrogen (secondary N) is 1. The second-order valence-corrected chi connectivity index (χ2v) is 4.57. The zero-order valence-electron chi connectivity index (χ0n) is 11.4. The van der Waals surface area contributed by atoms with Crippen molar-refractivity contribution in [2.75, 3.05) is 43.1 Å². The fraction of sp³-hybridized carbons (Fsp3) is 0.692. The standard InChI is InChI=1S/C13H22N4O2/c1-2-14-12-9-13(16-10-15-12)17-5-3-11(4-6-17)19-8-7-18/h9-11,18H,2-8H2,1H3,(H,14,15,16). The van der Waals surface area contributed by atoms with Crippen LogP contribution in [0.3, 0.4) is 0 Å². The van der Waals surface area contributed by atoms with E-state index in [1.807, 2.05) is 13.0 Å². The van der Waals surface area contributed by atoms with Gasteiger partial charge in [0, 0.05) is 25.7 Å². The molecule has 0 saturated carbocycles. The number of ether oxygens (including phenoxy) is 1. The first kappa shape index (κ1) is 14.0. The molecule has 0 aliphatic carbocycles. The van der Waals surface area contributed by atoms with Crippen molar-refractivity contribution in [2.24, 2.45) is 0 Å². The largest absolute Gasteiger partial charge is 0.394 e. The normalized spacial score (nSPS) is 16.6. The summed E-state index contributed by atoms with van der Waals surface area (Å²) in [6, 6.07) is 1.98. The van der Waals surface area contributed by atoms with E-state index in [1.54, 1.807) is 6.33 Å². The van der Waals surface area contributed by atoms with Crippen LogP contribution in [-0.4, -0.2) is 54.0 Å². The van der Waals surface area contributed by atoms with Gasteiger partial charge in [-0.05, 0) is 19.8 Å². The minimum Gasteiger partial charge on any atom is -0.394 e. The molecular weight excluding hydrogens is 244 g/mol. The Balaban J connectivity index is 1.88. The summed E-state index contributed by atoms with van der Waals surface area (Å²) in [5, 5.41) is 11.9. The maximum atomic E-state index is 8.75. The summed E-state index contributed by atoms with van der Waals surface area (Å²) in [6.45, 7) is 5.29. The Hall–Kier alpha value is -1.40. The van der Waals surface area contributed by atoms with Crippen LogP contribution in [0.2, 0.25) is 0 Å². The Morgan fingerprint density at radius 3 is 2.89 bits per heavy atom. The van der Waals surface area contributed by atoms with Crippen molar-refractivity contribution in [3.05, 3.63) is 12.4 Å². The average Bonchev–Trinajstić information content (AvgIpc) is 2.46. The van der Waals surface area contributed by atoms with Gasteiger partial charge in [0.25, 0.3) is 0 Å². The highest BCUT2D eigenvalue weighted by molar-refractivity contribution is 5.48. The van der Waals surface area contributed by atoms with E-state index in [4.69, 9.17) is 9.84 Å². The van der Waals surface area contributed by atoms with Crippen molar-refractivity contribution in [1.82, 2.24) is 9.97 Å². The molecule has 6 nitrogen and oxygen atoms in total. The number of hydrogen-bond acceptors (Lipinski definition) is 6. The van der Waals surface area contributed by atoms with Crippen molar-refractivity contribution in [1.29, 1.82) is 0 Å². The van der Waals surface area contributed by atoms with E-state index in [2.05, 4.69) is 20.2 Å². The minimum absolute atomic E-state index is 0.0954. The lowest BCUT2D eigenvalue weighted by Crippen LogP contribution is -2.37. The van der Waals surface area contributed by atoms with Crippen LogP contribution in [0.15, 0.2) is 12.4 Å². The average molecular weight is 266 g/mol. The van der Waals surface area contributed by atoms with E-state index >= 15 is 0 Å². The Morgan fingerprint density at radius 2 is 2.21 bits per heavy atom. The summed E-state index contributed by atoms with van der Waals surface area (Å²) in [6.07, 6.45) is 3.81. The number of nitrogens with zero attached hydrogens (tertiary/aromatic N) is 3. The lowest BCUT2D eigenvalue weighted by molar-refractivity contribution is 0.0158. The van der Waals surface area contributed by atoms with Crippen LogP contribution in [0.4, 0.5) is 11.6 Å². The molecule has 1 aliphatic rings. The molecule has 1 aliphatic heterocycles. The first-order chi connectivity index (χ1) is 9.33. The highest BCUT2D eigenvalue weighted by Gasteiger charge is 2.20. The number of aliphatic hydroxyl groups excluding tert-OH is 1. The number of anilines is 2. The van der Waals surface area contributed by atoms with Crippen LogP contribution in [0.5, 0.6) is 0 Å². The van der Waals surface area contributed by atoms with Crippen molar-refractivity contribution in [3.8, 4) is 0 Å². The Bertz CT molecular complexity index is 381. The zero-order valence-corrected chi connectivity index (χ0v) is 11.4. The van der Waals surface area contributed by atoms with Crippen molar-refractivity contribution >= 4 is 11.6 Å². The Kier molecular flexibility index (Phi) is 5.35. The topological polar surface area (TPSA) is 70.5 Å². The predicted octanol–water partition coefficient (Wildman–Crippen LogP) is 0.886. The van der Waals surface area contributed by atoms with Crippen LogP contribution in [-0.2, 0) is 4.74 Å². The monoisotopic (exact) mass is 266 g/mol. The van der Waals surface area contributed by atoms with E-state index in [0.717, 1.165) is 44.1 Å². The smallest absolute Gasteiger partial charge is 0.134 e. The molecule has 0 aromatic carbocycles. The minimum atomic E-state index is 0.0954. The van der Waals surface area contributed by atoms with Gasteiger partial charge in [-0.3, -0.25) is 0 Å². The van der Waals surface area contributed by atoms with Gasteiger partial charge >= 0.3 is 0 Å². The van der Waals surface area contributed by atoms with Gasteiger partial charge in [-0.2, -0.15) is 0 Å². The third-order valence-electron chi connectivity index (χ3n) is 3.22. The van der Waals surface area contributed by atoms with E-state index < -0.39 is 0 Å². The third kappa shape index (κ3) is 4.04. The molecule has 2 rings (SSSR count). The molecule has 2 N–H and O–H groups in total. The number of piperidine rings is 1. The van der Waals surface area contributed by atoms with Crippen LogP contribution >= 0.6 is 0 Å². The molecule has 0 radical (unpaired) electrons. The quantitative estimate of drug-likeness (QED) is 0.796. The summed E-state index contributed by atoms with van der Waals surface area (Å²) in [4.78, 5) is 10.8. The molecule has 19 heavy (non-hydrogen) atoms. The number of aromatic nitrogens is 2. The molecule has 0 spiro atoms. The van der Waals surface area contributed by atoms with Crippen molar-refractivity contribution < 1.29 is 9.84 Å². The molecular formula is C13H22N4O2. The van der Waals surface area contributed by atoms with Crippen molar-refractivity contribution in [3.63, 3.8) is 0 Å². The molecule has 0 amide bonds. The van der Waals surface area contributed by atoms with Crippen LogP contribution < -0.4 is 10.2 Å². The molecule has 1 aromatic rings. The molecule has 6 heteroatoms. The summed E-state index contributed by atoms with van der Waals surface area (Å²) in [7, 11) is 0. The van der Waals surface area contributed by atoms with Gasteiger partial charge in [0.05, 0.1) is 19.3 Å². The van der Waals surface area contributed by atoms with E-state index in [-0.39, 0.29) is 12.7 Å². The van der Waals surface area contributed by atoms with Gasteiger partial charge in [-0.25, -0.2) is 9.97 Å². The number of rotatable bonds is 6. The molecule has 1 aromatic heterocycles. The zero-order chi connectivity index (χ0) is 13.5. The first-order valence-corrected chi connectivity index (χ1v) is 6.86. The number of hydrogen-bond donors (Lipinski definition) is 2. The predicted molar refractivity (Wildman–Crippen MR) is 74.5 cm³/mol. The van der Waals surface area contributed by atoms with Gasteiger partial charge in [-0.15, -0.1) is 0 Å². The molecule has 1 saturated heterocycles.